The largest absolute Gasteiger partial charge is 0.490 e. The molecule has 0 radical (unpaired) electrons. The van der Waals surface area contributed by atoms with Crippen LogP contribution in [0.4, 0.5) is 18.9 Å². The number of carbonyl (C=O) groups is 1. The molecule has 0 saturated carbocycles. The summed E-state index contributed by atoms with van der Waals surface area (Å²) in [4.78, 5) is 12.4. The van der Waals surface area contributed by atoms with Crippen molar-refractivity contribution in [2.75, 3.05) is 11.9 Å². The number of unbranched alkanes of at least 4 members (excludes halogenated alkanes) is 1. The summed E-state index contributed by atoms with van der Waals surface area (Å²) in [6.07, 6.45) is -2.83. The second kappa shape index (κ2) is 9.04. The fraction of sp³-hybridized carbons (Fsp3) is 0.278. The fourth-order valence-electron chi connectivity index (χ4n) is 2.14. The second-order valence-corrected chi connectivity index (χ2v) is 6.84. The van der Waals surface area contributed by atoms with Gasteiger partial charge in [-0.2, -0.15) is 13.2 Å². The first-order chi connectivity index (χ1) is 12.6. The highest BCUT2D eigenvalue weighted by molar-refractivity contribution is 6.38. The average molecular weight is 441 g/mol. The number of anilines is 1. The van der Waals surface area contributed by atoms with Gasteiger partial charge in [0, 0.05) is 5.56 Å². The Hall–Kier alpha value is -1.63. The number of hydrogen-bond donors (Lipinski definition) is 1. The average Bonchev–Trinajstić information content (AvgIpc) is 2.58. The zero-order valence-corrected chi connectivity index (χ0v) is 16.4. The molecule has 1 N–H and O–H groups in total. The number of carbonyl (C=O) groups excluding carboxylic acids is 1. The number of rotatable bonds is 6. The first-order valence-electron chi connectivity index (χ1n) is 7.93. The molecule has 0 saturated heterocycles. The van der Waals surface area contributed by atoms with Crippen molar-refractivity contribution in [3.05, 3.63) is 56.5 Å². The van der Waals surface area contributed by atoms with E-state index in [0.29, 0.717) is 6.61 Å². The molecule has 0 aliphatic heterocycles. The summed E-state index contributed by atoms with van der Waals surface area (Å²) in [5.74, 6) is -0.458. The fourth-order valence-corrected chi connectivity index (χ4v) is 2.90. The van der Waals surface area contributed by atoms with Gasteiger partial charge in [-0.15, -0.1) is 0 Å². The van der Waals surface area contributed by atoms with Crippen LogP contribution in [0.25, 0.3) is 0 Å². The molecule has 146 valence electrons. The molecule has 0 spiro atoms. The Balaban J connectivity index is 2.24. The van der Waals surface area contributed by atoms with Crippen LogP contribution < -0.4 is 10.1 Å². The van der Waals surface area contributed by atoms with E-state index in [2.05, 4.69) is 5.32 Å². The Kier molecular flexibility index (Phi) is 7.25. The molecular formula is C18H15Cl3F3NO2. The van der Waals surface area contributed by atoms with Gasteiger partial charge in [-0.05, 0) is 36.8 Å². The molecule has 0 unspecified atom stereocenters. The van der Waals surface area contributed by atoms with Crippen LogP contribution in [-0.2, 0) is 6.18 Å². The highest BCUT2D eigenvalue weighted by atomic mass is 35.5. The number of benzene rings is 2. The van der Waals surface area contributed by atoms with Crippen LogP contribution in [0, 0.1) is 0 Å². The van der Waals surface area contributed by atoms with Crippen LogP contribution >= 0.6 is 34.8 Å². The molecule has 0 aliphatic rings. The lowest BCUT2D eigenvalue weighted by molar-refractivity contribution is -0.137. The lowest BCUT2D eigenvalue weighted by Gasteiger charge is -2.13. The number of amides is 1. The number of alkyl halides is 3. The Bertz CT molecular complexity index is 818. The van der Waals surface area contributed by atoms with Gasteiger partial charge in [0.25, 0.3) is 5.91 Å². The standard InChI is InChI=1S/C18H15Cl3F3NO2/c1-2-3-6-27-16-13(20)7-10(8-14(16)21)17(26)25-15-9-11(18(22,23)24)4-5-12(15)19/h4-5,7-9H,2-3,6H2,1H3,(H,25,26). The summed E-state index contributed by atoms with van der Waals surface area (Å²) in [6.45, 7) is 2.42. The highest BCUT2D eigenvalue weighted by Gasteiger charge is 2.31. The smallest absolute Gasteiger partial charge is 0.416 e. The van der Waals surface area contributed by atoms with Gasteiger partial charge in [-0.3, -0.25) is 4.79 Å². The van der Waals surface area contributed by atoms with Gasteiger partial charge in [0.05, 0.1) is 32.9 Å². The van der Waals surface area contributed by atoms with Gasteiger partial charge in [-0.25, -0.2) is 0 Å². The summed E-state index contributed by atoms with van der Waals surface area (Å²) >= 11 is 18.1. The predicted octanol–water partition coefficient (Wildman–Crippen LogP) is 7.10. The first kappa shape index (κ1) is 21.7. The monoisotopic (exact) mass is 439 g/mol. The van der Waals surface area contributed by atoms with E-state index < -0.39 is 17.6 Å². The molecule has 9 heteroatoms. The van der Waals surface area contributed by atoms with E-state index in [-0.39, 0.29) is 32.1 Å². The SMILES string of the molecule is CCCCOc1c(Cl)cc(C(=O)Nc2cc(C(F)(F)F)ccc2Cl)cc1Cl. The molecule has 27 heavy (non-hydrogen) atoms. The zero-order chi connectivity index (χ0) is 20.2. The third-order valence-corrected chi connectivity index (χ3v) is 4.44. The molecule has 2 aromatic carbocycles. The van der Waals surface area contributed by atoms with Crippen LogP contribution in [0.5, 0.6) is 5.75 Å². The minimum atomic E-state index is -4.56. The van der Waals surface area contributed by atoms with Crippen molar-refractivity contribution in [1.29, 1.82) is 0 Å². The van der Waals surface area contributed by atoms with E-state index in [1.165, 1.54) is 12.1 Å². The molecule has 0 aromatic heterocycles. The van der Waals surface area contributed by atoms with Crippen molar-refractivity contribution >= 4 is 46.4 Å². The van der Waals surface area contributed by atoms with Crippen molar-refractivity contribution in [2.24, 2.45) is 0 Å². The molecule has 0 aliphatic carbocycles. The summed E-state index contributed by atoms with van der Waals surface area (Å²) < 4.78 is 44.0. The Morgan fingerprint density at radius 2 is 1.70 bits per heavy atom. The number of halogens is 6. The molecule has 3 nitrogen and oxygen atoms in total. The van der Waals surface area contributed by atoms with Crippen molar-refractivity contribution in [3.8, 4) is 5.75 Å². The summed E-state index contributed by atoms with van der Waals surface area (Å²) in [6, 6.07) is 5.29. The number of nitrogens with one attached hydrogen (secondary N) is 1. The van der Waals surface area contributed by atoms with Crippen molar-refractivity contribution in [2.45, 2.75) is 25.9 Å². The molecule has 0 fully saturated rings. The van der Waals surface area contributed by atoms with E-state index in [1.807, 2.05) is 6.92 Å². The molecule has 0 heterocycles. The maximum Gasteiger partial charge on any atom is 0.416 e. The molecular weight excluding hydrogens is 426 g/mol. The third-order valence-electron chi connectivity index (χ3n) is 3.55. The Morgan fingerprint density at radius 3 is 2.26 bits per heavy atom. The number of hydrogen-bond acceptors (Lipinski definition) is 2. The van der Waals surface area contributed by atoms with E-state index in [1.54, 1.807) is 0 Å². The van der Waals surface area contributed by atoms with Gasteiger partial charge in [0.1, 0.15) is 0 Å². The van der Waals surface area contributed by atoms with Gasteiger partial charge in [0.2, 0.25) is 0 Å². The quantitative estimate of drug-likeness (QED) is 0.487. The first-order valence-corrected chi connectivity index (χ1v) is 9.06. The summed E-state index contributed by atoms with van der Waals surface area (Å²) in [7, 11) is 0. The van der Waals surface area contributed by atoms with E-state index in [9.17, 15) is 18.0 Å². The Morgan fingerprint density at radius 1 is 1.07 bits per heavy atom. The van der Waals surface area contributed by atoms with Gasteiger partial charge < -0.3 is 10.1 Å². The minimum absolute atomic E-state index is 0.0342. The molecule has 0 bridgehead atoms. The summed E-state index contributed by atoms with van der Waals surface area (Å²) in [5, 5.41) is 2.55. The maximum absolute atomic E-state index is 12.8. The second-order valence-electron chi connectivity index (χ2n) is 5.62. The summed E-state index contributed by atoms with van der Waals surface area (Å²) in [5.41, 5.74) is -1.05. The lowest BCUT2D eigenvalue weighted by Crippen LogP contribution is -2.14. The van der Waals surface area contributed by atoms with Crippen molar-refractivity contribution in [3.63, 3.8) is 0 Å². The molecule has 2 aromatic rings. The topological polar surface area (TPSA) is 38.3 Å². The van der Waals surface area contributed by atoms with Crippen molar-refractivity contribution < 1.29 is 22.7 Å². The highest BCUT2D eigenvalue weighted by Crippen LogP contribution is 2.36. The zero-order valence-electron chi connectivity index (χ0n) is 14.1. The van der Waals surface area contributed by atoms with Crippen LogP contribution in [-0.4, -0.2) is 12.5 Å². The van der Waals surface area contributed by atoms with Crippen molar-refractivity contribution in [1.82, 2.24) is 0 Å². The minimum Gasteiger partial charge on any atom is -0.490 e. The van der Waals surface area contributed by atoms with Gasteiger partial charge in [0.15, 0.2) is 5.75 Å². The molecule has 1 amide bonds. The Labute approximate surface area is 169 Å². The van der Waals surface area contributed by atoms with Crippen LogP contribution in [0.3, 0.4) is 0 Å². The maximum atomic E-state index is 12.8. The van der Waals surface area contributed by atoms with Crippen LogP contribution in [0.15, 0.2) is 30.3 Å². The van der Waals surface area contributed by atoms with E-state index in [0.717, 1.165) is 31.0 Å². The van der Waals surface area contributed by atoms with Gasteiger partial charge >= 0.3 is 6.18 Å². The predicted molar refractivity (Wildman–Crippen MR) is 101 cm³/mol. The van der Waals surface area contributed by atoms with E-state index in [4.69, 9.17) is 39.5 Å². The third kappa shape index (κ3) is 5.67. The number of ether oxygens (including phenoxy) is 1. The van der Waals surface area contributed by atoms with E-state index >= 15 is 0 Å². The molecule has 0 atom stereocenters. The lowest BCUT2D eigenvalue weighted by atomic mass is 10.1. The van der Waals surface area contributed by atoms with Gasteiger partial charge in [-0.1, -0.05) is 48.1 Å². The molecule has 2 rings (SSSR count). The van der Waals surface area contributed by atoms with Crippen LogP contribution in [0.2, 0.25) is 15.1 Å². The normalized spacial score (nSPS) is 11.4. The van der Waals surface area contributed by atoms with Crippen LogP contribution in [0.1, 0.15) is 35.7 Å².